The van der Waals surface area contributed by atoms with Crippen molar-refractivity contribution in [2.75, 3.05) is 0 Å². The van der Waals surface area contributed by atoms with E-state index in [0.717, 1.165) is 31.2 Å². The molecule has 0 amide bonds. The lowest BCUT2D eigenvalue weighted by molar-refractivity contribution is -0.143. The van der Waals surface area contributed by atoms with Crippen LogP contribution < -0.4 is 0 Å². The fourth-order valence-corrected chi connectivity index (χ4v) is 3.16. The summed E-state index contributed by atoms with van der Waals surface area (Å²) < 4.78 is 0. The van der Waals surface area contributed by atoms with E-state index in [1.807, 2.05) is 12.1 Å². The molecule has 1 aromatic carbocycles. The van der Waals surface area contributed by atoms with Crippen LogP contribution in [0.25, 0.3) is 0 Å². The maximum atomic E-state index is 11.2. The monoisotopic (exact) mass is 272 g/mol. The Hall–Kier alpha value is -0.730. The lowest BCUT2D eigenvalue weighted by Crippen LogP contribution is -2.25. The summed E-state index contributed by atoms with van der Waals surface area (Å²) in [4.78, 5) is 11.2. The number of aliphatic carboxylic acids is 1. The molecule has 0 bridgehead atoms. The van der Waals surface area contributed by atoms with Gasteiger partial charge in [-0.2, -0.15) is 0 Å². The summed E-state index contributed by atoms with van der Waals surface area (Å²) in [5, 5.41) is 10.4. The first-order chi connectivity index (χ1) is 8.08. The van der Waals surface area contributed by atoms with E-state index in [1.54, 1.807) is 6.07 Å². The van der Waals surface area contributed by atoms with Gasteiger partial charge in [-0.1, -0.05) is 36.0 Å². The minimum atomic E-state index is -0.717. The molecule has 0 saturated heterocycles. The SMILES string of the molecule is O=C(O)C1CCCCC1c1cc(Cl)cc(Cl)c1. The normalized spacial score (nSPS) is 24.6. The molecule has 1 fully saturated rings. The molecule has 0 spiro atoms. The Balaban J connectivity index is 2.32. The van der Waals surface area contributed by atoms with Crippen molar-refractivity contribution in [2.24, 2.45) is 5.92 Å². The Morgan fingerprint density at radius 3 is 2.29 bits per heavy atom. The van der Waals surface area contributed by atoms with Crippen LogP contribution >= 0.6 is 23.2 Å². The van der Waals surface area contributed by atoms with Crippen LogP contribution in [0, 0.1) is 5.92 Å². The first-order valence-electron chi connectivity index (χ1n) is 5.76. The number of hydrogen-bond donors (Lipinski definition) is 1. The molecule has 2 atom stereocenters. The van der Waals surface area contributed by atoms with Gasteiger partial charge in [0.2, 0.25) is 0 Å². The first kappa shape index (κ1) is 12.7. The van der Waals surface area contributed by atoms with Gasteiger partial charge in [0.25, 0.3) is 0 Å². The summed E-state index contributed by atoms with van der Waals surface area (Å²) in [5.74, 6) is -0.985. The van der Waals surface area contributed by atoms with Crippen LogP contribution in [0.4, 0.5) is 0 Å². The lowest BCUT2D eigenvalue weighted by Gasteiger charge is -2.29. The zero-order valence-electron chi connectivity index (χ0n) is 9.33. The van der Waals surface area contributed by atoms with E-state index >= 15 is 0 Å². The molecule has 1 N–H and O–H groups in total. The van der Waals surface area contributed by atoms with Crippen molar-refractivity contribution < 1.29 is 9.90 Å². The summed E-state index contributed by atoms with van der Waals surface area (Å²) in [6, 6.07) is 5.34. The van der Waals surface area contributed by atoms with Gasteiger partial charge in [0.15, 0.2) is 0 Å². The molecule has 2 unspecified atom stereocenters. The van der Waals surface area contributed by atoms with Gasteiger partial charge in [-0.15, -0.1) is 0 Å². The highest BCUT2D eigenvalue weighted by Crippen LogP contribution is 2.39. The van der Waals surface area contributed by atoms with Gasteiger partial charge in [-0.05, 0) is 42.5 Å². The third kappa shape index (κ3) is 2.93. The molecule has 92 valence electrons. The lowest BCUT2D eigenvalue weighted by atomic mass is 9.75. The first-order valence-corrected chi connectivity index (χ1v) is 6.52. The number of carboxylic acid groups (broad SMARTS) is 1. The van der Waals surface area contributed by atoms with Crippen molar-refractivity contribution in [1.82, 2.24) is 0 Å². The highest BCUT2D eigenvalue weighted by Gasteiger charge is 2.32. The maximum Gasteiger partial charge on any atom is 0.307 e. The third-order valence-corrected chi connectivity index (χ3v) is 3.83. The summed E-state index contributed by atoms with van der Waals surface area (Å²) in [7, 11) is 0. The molecule has 0 radical (unpaired) electrons. The zero-order valence-corrected chi connectivity index (χ0v) is 10.8. The van der Waals surface area contributed by atoms with Crippen LogP contribution in [0.2, 0.25) is 10.0 Å². The third-order valence-electron chi connectivity index (χ3n) is 3.40. The van der Waals surface area contributed by atoms with E-state index in [1.165, 1.54) is 0 Å². The molecule has 1 saturated carbocycles. The van der Waals surface area contributed by atoms with Crippen LogP contribution in [0.3, 0.4) is 0 Å². The second kappa shape index (κ2) is 5.28. The Morgan fingerprint density at radius 2 is 1.71 bits per heavy atom. The Kier molecular flexibility index (Phi) is 3.95. The molecular formula is C13H14Cl2O2. The molecule has 0 aromatic heterocycles. The van der Waals surface area contributed by atoms with E-state index in [4.69, 9.17) is 23.2 Å². The summed E-state index contributed by atoms with van der Waals surface area (Å²) >= 11 is 11.9. The molecule has 2 nitrogen and oxygen atoms in total. The van der Waals surface area contributed by atoms with Gasteiger partial charge < -0.3 is 5.11 Å². The Bertz CT molecular complexity index is 411. The molecule has 17 heavy (non-hydrogen) atoms. The van der Waals surface area contributed by atoms with Crippen LogP contribution in [0.5, 0.6) is 0 Å². The number of rotatable bonds is 2. The molecule has 1 aliphatic rings. The zero-order chi connectivity index (χ0) is 12.4. The van der Waals surface area contributed by atoms with Crippen LogP contribution in [-0.4, -0.2) is 11.1 Å². The molecule has 2 rings (SSSR count). The van der Waals surface area contributed by atoms with E-state index in [2.05, 4.69) is 0 Å². The molecule has 0 heterocycles. The van der Waals surface area contributed by atoms with Crippen LogP contribution in [0.1, 0.15) is 37.2 Å². The average Bonchev–Trinajstić information content (AvgIpc) is 2.27. The van der Waals surface area contributed by atoms with Crippen molar-refractivity contribution in [3.8, 4) is 0 Å². The van der Waals surface area contributed by atoms with E-state index in [9.17, 15) is 9.90 Å². The molecule has 4 heteroatoms. The smallest absolute Gasteiger partial charge is 0.307 e. The molecule has 0 aliphatic heterocycles. The van der Waals surface area contributed by atoms with Crippen LogP contribution in [-0.2, 0) is 4.79 Å². The topological polar surface area (TPSA) is 37.3 Å². The quantitative estimate of drug-likeness (QED) is 0.869. The van der Waals surface area contributed by atoms with E-state index in [0.29, 0.717) is 10.0 Å². The summed E-state index contributed by atoms with van der Waals surface area (Å²) in [6.07, 6.45) is 3.69. The van der Waals surface area contributed by atoms with Gasteiger partial charge in [0.1, 0.15) is 0 Å². The van der Waals surface area contributed by atoms with Gasteiger partial charge >= 0.3 is 5.97 Å². The number of carboxylic acids is 1. The standard InChI is InChI=1S/C13H14Cl2O2/c14-9-5-8(6-10(15)7-9)11-3-1-2-4-12(11)13(16)17/h5-7,11-12H,1-4H2,(H,16,17). The summed E-state index contributed by atoms with van der Waals surface area (Å²) in [5.41, 5.74) is 0.953. The molecule has 1 aromatic rings. The van der Waals surface area contributed by atoms with Crippen molar-refractivity contribution in [3.05, 3.63) is 33.8 Å². The highest BCUT2D eigenvalue weighted by atomic mass is 35.5. The van der Waals surface area contributed by atoms with Crippen molar-refractivity contribution in [2.45, 2.75) is 31.6 Å². The second-order valence-corrected chi connectivity index (χ2v) is 5.41. The second-order valence-electron chi connectivity index (χ2n) is 4.54. The largest absolute Gasteiger partial charge is 0.481 e. The predicted molar refractivity (Wildman–Crippen MR) is 68.8 cm³/mol. The van der Waals surface area contributed by atoms with Crippen molar-refractivity contribution in [3.63, 3.8) is 0 Å². The number of benzene rings is 1. The maximum absolute atomic E-state index is 11.2. The van der Waals surface area contributed by atoms with Gasteiger partial charge in [-0.25, -0.2) is 0 Å². The number of halogens is 2. The Morgan fingerprint density at radius 1 is 1.12 bits per heavy atom. The van der Waals surface area contributed by atoms with Gasteiger partial charge in [0, 0.05) is 10.0 Å². The van der Waals surface area contributed by atoms with Gasteiger partial charge in [-0.3, -0.25) is 4.79 Å². The van der Waals surface area contributed by atoms with Crippen LogP contribution in [0.15, 0.2) is 18.2 Å². The molecular weight excluding hydrogens is 259 g/mol. The predicted octanol–water partition coefficient (Wildman–Crippen LogP) is 4.35. The van der Waals surface area contributed by atoms with E-state index in [-0.39, 0.29) is 11.8 Å². The molecule has 1 aliphatic carbocycles. The Labute approximate surface area is 111 Å². The minimum Gasteiger partial charge on any atom is -0.481 e. The highest BCUT2D eigenvalue weighted by molar-refractivity contribution is 6.34. The van der Waals surface area contributed by atoms with E-state index < -0.39 is 5.97 Å². The average molecular weight is 273 g/mol. The fraction of sp³-hybridized carbons (Fsp3) is 0.462. The van der Waals surface area contributed by atoms with Crippen molar-refractivity contribution in [1.29, 1.82) is 0 Å². The summed E-state index contributed by atoms with van der Waals surface area (Å²) in [6.45, 7) is 0. The minimum absolute atomic E-state index is 0.0393. The number of hydrogen-bond acceptors (Lipinski definition) is 1. The fourth-order valence-electron chi connectivity index (χ4n) is 2.61. The number of carbonyl (C=O) groups is 1. The van der Waals surface area contributed by atoms with Crippen molar-refractivity contribution >= 4 is 29.2 Å². The van der Waals surface area contributed by atoms with Gasteiger partial charge in [0.05, 0.1) is 5.92 Å².